The lowest BCUT2D eigenvalue weighted by Gasteiger charge is -2.12. The Kier molecular flexibility index (Phi) is 13.6. The van der Waals surface area contributed by atoms with Crippen molar-refractivity contribution in [3.63, 3.8) is 0 Å². The topological polar surface area (TPSA) is 52.2 Å². The molecule has 1 aromatic rings. The van der Waals surface area contributed by atoms with Crippen LogP contribution in [0.1, 0.15) is 107 Å². The van der Waals surface area contributed by atoms with Crippen molar-refractivity contribution in [1.29, 1.82) is 0 Å². The number of hydrogen-bond donors (Lipinski definition) is 1. The monoisotopic (exact) mass is 360 g/mol. The molecule has 0 amide bonds. The lowest BCUT2D eigenvalue weighted by atomic mass is 10.0. The number of benzene rings is 1. The van der Waals surface area contributed by atoms with Crippen LogP contribution in [-0.2, 0) is 0 Å². The Morgan fingerprint density at radius 3 is 1.73 bits per heavy atom. The quantitative estimate of drug-likeness (QED) is 0.350. The van der Waals surface area contributed by atoms with Gasteiger partial charge in [0, 0.05) is 17.8 Å². The highest BCUT2D eigenvalue weighted by Crippen LogP contribution is 2.15. The minimum atomic E-state index is -1.12. The van der Waals surface area contributed by atoms with Gasteiger partial charge in [0.15, 0.2) is 0 Å². The van der Waals surface area contributed by atoms with Gasteiger partial charge in [-0.2, -0.15) is 0 Å². The van der Waals surface area contributed by atoms with Gasteiger partial charge in [-0.3, -0.25) is 0 Å². The van der Waals surface area contributed by atoms with Crippen molar-refractivity contribution < 1.29 is 9.90 Å². The van der Waals surface area contributed by atoms with Crippen molar-refractivity contribution in [1.82, 2.24) is 0 Å². The minimum absolute atomic E-state index is 0.248. The van der Waals surface area contributed by atoms with Crippen LogP contribution in [0.15, 0.2) is 24.3 Å². The third-order valence-electron chi connectivity index (χ3n) is 4.99. The fourth-order valence-electron chi connectivity index (χ4n) is 3.36. The van der Waals surface area contributed by atoms with Crippen molar-refractivity contribution in [2.75, 3.05) is 11.9 Å². The lowest BCUT2D eigenvalue weighted by Crippen LogP contribution is -2.23. The van der Waals surface area contributed by atoms with E-state index in [0.717, 1.165) is 13.0 Å². The molecule has 0 spiro atoms. The maximum Gasteiger partial charge on any atom is 0.0736 e. The van der Waals surface area contributed by atoms with Gasteiger partial charge in [0.25, 0.3) is 0 Å². The summed E-state index contributed by atoms with van der Waals surface area (Å²) in [5, 5.41) is 14.2. The molecule has 0 aromatic heterocycles. The average molecular weight is 361 g/mol. The zero-order valence-corrected chi connectivity index (χ0v) is 16.7. The molecule has 1 rings (SSSR count). The van der Waals surface area contributed by atoms with Gasteiger partial charge >= 0.3 is 0 Å². The van der Waals surface area contributed by atoms with Gasteiger partial charge in [-0.15, -0.1) is 0 Å². The van der Waals surface area contributed by atoms with Crippen molar-refractivity contribution in [3.8, 4) is 0 Å². The molecule has 0 saturated heterocycles. The second-order valence-corrected chi connectivity index (χ2v) is 7.36. The highest BCUT2D eigenvalue weighted by molar-refractivity contribution is 5.92. The first-order valence-electron chi connectivity index (χ1n) is 10.8. The van der Waals surface area contributed by atoms with E-state index in [0.29, 0.717) is 5.69 Å². The smallest absolute Gasteiger partial charge is 0.0736 e. The van der Waals surface area contributed by atoms with E-state index >= 15 is 0 Å². The van der Waals surface area contributed by atoms with Crippen LogP contribution in [0.25, 0.3) is 0 Å². The Morgan fingerprint density at radius 1 is 0.769 bits per heavy atom. The molecule has 0 radical (unpaired) electrons. The summed E-state index contributed by atoms with van der Waals surface area (Å²) in [6, 6.07) is 6.96. The van der Waals surface area contributed by atoms with Gasteiger partial charge in [0.1, 0.15) is 0 Å². The van der Waals surface area contributed by atoms with Gasteiger partial charge in [0.2, 0.25) is 0 Å². The summed E-state index contributed by atoms with van der Waals surface area (Å²) < 4.78 is 0. The van der Waals surface area contributed by atoms with E-state index in [2.05, 4.69) is 12.2 Å². The summed E-state index contributed by atoms with van der Waals surface area (Å²) in [5.74, 6) is -1.12. The number of unbranched alkanes of at least 4 members (excludes halogenated alkanes) is 13. The Balaban J connectivity index is 1.88. The Bertz CT molecular complexity index is 473. The van der Waals surface area contributed by atoms with Crippen molar-refractivity contribution >= 4 is 11.7 Å². The van der Waals surface area contributed by atoms with Gasteiger partial charge in [-0.1, -0.05) is 109 Å². The SMILES string of the molecule is CCCCCCCCCCCCCCCCNc1ccccc1C(=O)[O-]. The molecule has 26 heavy (non-hydrogen) atoms. The normalized spacial score (nSPS) is 10.8. The predicted molar refractivity (Wildman–Crippen MR) is 110 cm³/mol. The summed E-state index contributed by atoms with van der Waals surface area (Å²) >= 11 is 0. The average Bonchev–Trinajstić information content (AvgIpc) is 2.65. The molecule has 0 fully saturated rings. The van der Waals surface area contributed by atoms with Gasteiger partial charge in [-0.05, 0) is 12.5 Å². The maximum absolute atomic E-state index is 11.0. The Morgan fingerprint density at radius 2 is 1.23 bits per heavy atom. The summed E-state index contributed by atoms with van der Waals surface area (Å²) in [6.45, 7) is 3.09. The highest BCUT2D eigenvalue weighted by Gasteiger charge is 2.01. The molecule has 3 nitrogen and oxygen atoms in total. The molecular formula is C23H38NO2-. The minimum Gasteiger partial charge on any atom is -0.545 e. The van der Waals surface area contributed by atoms with Crippen LogP contribution in [0, 0.1) is 0 Å². The summed E-state index contributed by atoms with van der Waals surface area (Å²) in [4.78, 5) is 11.0. The molecule has 0 bridgehead atoms. The standard InChI is InChI=1S/C23H39NO2/c1-2-3-4-5-6-7-8-9-10-11-12-13-14-17-20-24-22-19-16-15-18-21(22)23(25)26/h15-16,18-19,24H,2-14,17,20H2,1H3,(H,25,26)/p-1. The van der Waals surface area contributed by atoms with Crippen LogP contribution in [0.2, 0.25) is 0 Å². The molecule has 0 unspecified atom stereocenters. The molecule has 0 aliphatic heterocycles. The predicted octanol–water partition coefficient (Wildman–Crippen LogP) is 5.94. The van der Waals surface area contributed by atoms with Crippen molar-refractivity contribution in [3.05, 3.63) is 29.8 Å². The second kappa shape index (κ2) is 15.7. The van der Waals surface area contributed by atoms with Crippen LogP contribution < -0.4 is 10.4 Å². The molecule has 0 saturated carbocycles. The Labute approximate surface area is 160 Å². The fourth-order valence-corrected chi connectivity index (χ4v) is 3.36. The van der Waals surface area contributed by atoms with E-state index in [1.807, 2.05) is 6.07 Å². The zero-order valence-electron chi connectivity index (χ0n) is 16.7. The molecule has 0 aliphatic rings. The van der Waals surface area contributed by atoms with Gasteiger partial charge in [0.05, 0.1) is 5.97 Å². The van der Waals surface area contributed by atoms with Crippen LogP contribution in [-0.4, -0.2) is 12.5 Å². The van der Waals surface area contributed by atoms with E-state index in [4.69, 9.17) is 0 Å². The molecule has 148 valence electrons. The number of carbonyl (C=O) groups excluding carboxylic acids is 1. The number of aromatic carboxylic acids is 1. The molecule has 0 aliphatic carbocycles. The first-order valence-corrected chi connectivity index (χ1v) is 10.8. The molecule has 0 atom stereocenters. The molecule has 1 aromatic carbocycles. The van der Waals surface area contributed by atoms with Crippen molar-refractivity contribution in [2.24, 2.45) is 0 Å². The highest BCUT2D eigenvalue weighted by atomic mass is 16.4. The van der Waals surface area contributed by atoms with E-state index in [-0.39, 0.29) is 5.56 Å². The molecular weight excluding hydrogens is 322 g/mol. The van der Waals surface area contributed by atoms with E-state index in [1.165, 1.54) is 83.5 Å². The van der Waals surface area contributed by atoms with Crippen LogP contribution in [0.4, 0.5) is 5.69 Å². The van der Waals surface area contributed by atoms with Gasteiger partial charge in [-0.25, -0.2) is 0 Å². The third-order valence-corrected chi connectivity index (χ3v) is 4.99. The number of carboxylic acids is 1. The number of hydrogen-bond acceptors (Lipinski definition) is 3. The van der Waals surface area contributed by atoms with E-state index in [1.54, 1.807) is 18.2 Å². The first kappa shape index (κ1) is 22.5. The van der Waals surface area contributed by atoms with Crippen LogP contribution in [0.3, 0.4) is 0 Å². The first-order chi connectivity index (χ1) is 12.8. The Hall–Kier alpha value is -1.51. The lowest BCUT2D eigenvalue weighted by molar-refractivity contribution is -0.254. The number of para-hydroxylation sites is 1. The molecule has 1 N–H and O–H groups in total. The van der Waals surface area contributed by atoms with E-state index in [9.17, 15) is 9.90 Å². The number of rotatable bonds is 17. The zero-order chi connectivity index (χ0) is 18.9. The van der Waals surface area contributed by atoms with Crippen molar-refractivity contribution in [2.45, 2.75) is 96.8 Å². The van der Waals surface area contributed by atoms with Crippen LogP contribution in [0.5, 0.6) is 0 Å². The second-order valence-electron chi connectivity index (χ2n) is 7.36. The maximum atomic E-state index is 11.0. The van der Waals surface area contributed by atoms with Gasteiger partial charge < -0.3 is 15.2 Å². The largest absolute Gasteiger partial charge is 0.545 e. The number of anilines is 1. The van der Waals surface area contributed by atoms with Crippen LogP contribution >= 0.6 is 0 Å². The summed E-state index contributed by atoms with van der Waals surface area (Å²) in [7, 11) is 0. The summed E-state index contributed by atoms with van der Waals surface area (Å²) in [5.41, 5.74) is 0.917. The van der Waals surface area contributed by atoms with E-state index < -0.39 is 5.97 Å². The molecule has 3 heteroatoms. The fraction of sp³-hybridized carbons (Fsp3) is 0.696. The number of carboxylic acid groups (broad SMARTS) is 1. The number of carbonyl (C=O) groups is 1. The number of nitrogens with one attached hydrogen (secondary N) is 1. The third kappa shape index (κ3) is 11.2. The molecule has 0 heterocycles. The summed E-state index contributed by atoms with van der Waals surface area (Å²) in [6.07, 6.45) is 18.9.